The van der Waals surface area contributed by atoms with Gasteiger partial charge in [0.1, 0.15) is 0 Å². The molecule has 0 saturated heterocycles. The van der Waals surface area contributed by atoms with E-state index < -0.39 is 0 Å². The predicted octanol–water partition coefficient (Wildman–Crippen LogP) is -0.0631. The molecule has 0 atom stereocenters. The van der Waals surface area contributed by atoms with Crippen molar-refractivity contribution in [1.82, 2.24) is 4.98 Å². The summed E-state index contributed by atoms with van der Waals surface area (Å²) in [5.41, 5.74) is 1.86. The molecule has 0 aliphatic rings. The van der Waals surface area contributed by atoms with E-state index in [-0.39, 0.29) is 0 Å². The van der Waals surface area contributed by atoms with E-state index in [9.17, 15) is 0 Å². The second-order valence-corrected chi connectivity index (χ2v) is 2.87. The summed E-state index contributed by atoms with van der Waals surface area (Å²) in [5.74, 6) is 0. The van der Waals surface area contributed by atoms with Crippen molar-refractivity contribution in [1.29, 1.82) is 0 Å². The normalized spacial score (nSPS) is 9.00. The summed E-state index contributed by atoms with van der Waals surface area (Å²) >= 11 is 2.76. The van der Waals surface area contributed by atoms with E-state index in [4.69, 9.17) is 0 Å². The van der Waals surface area contributed by atoms with Crippen LogP contribution in [-0.4, -0.2) is 32.9 Å². The SMILES string of the molecule is [Na][c]1cscn1. The quantitative estimate of drug-likeness (QED) is 0.423. The predicted molar refractivity (Wildman–Crippen MR) is 27.5 cm³/mol. The van der Waals surface area contributed by atoms with Crippen LogP contribution in [0.4, 0.5) is 0 Å². The zero-order valence-corrected chi connectivity index (χ0v) is 6.33. The van der Waals surface area contributed by atoms with Crippen molar-refractivity contribution in [2.45, 2.75) is 0 Å². The molecule has 0 aliphatic carbocycles. The fraction of sp³-hybridized carbons (Fsp3) is 0. The van der Waals surface area contributed by atoms with Crippen LogP contribution in [0, 0.1) is 0 Å². The van der Waals surface area contributed by atoms with E-state index in [0.717, 1.165) is 27.9 Å². The molecule has 0 bridgehead atoms. The molecule has 0 radical (unpaired) electrons. The van der Waals surface area contributed by atoms with E-state index in [1.807, 2.05) is 5.51 Å². The molecule has 0 unspecified atom stereocenters. The Labute approximate surface area is 57.8 Å². The molecule has 0 amide bonds. The molecule has 0 aromatic carbocycles. The number of hydrogen-bond acceptors (Lipinski definition) is 2. The minimum atomic E-state index is 1.10. The number of thiazole rings is 1. The van der Waals surface area contributed by atoms with Crippen molar-refractivity contribution in [3.8, 4) is 0 Å². The van der Waals surface area contributed by atoms with E-state index in [1.54, 1.807) is 11.3 Å². The molecule has 0 saturated carbocycles. The molecule has 26 valence electrons. The van der Waals surface area contributed by atoms with Crippen LogP contribution in [0.2, 0.25) is 0 Å². The molecule has 1 aromatic heterocycles. The summed E-state index contributed by atoms with van der Waals surface area (Å²) in [6, 6.07) is 0. The van der Waals surface area contributed by atoms with E-state index in [1.165, 1.54) is 2.94 Å². The molecule has 1 heterocycles. The van der Waals surface area contributed by atoms with Crippen LogP contribution in [0.3, 0.4) is 0 Å². The maximum atomic E-state index is 4.00. The first-order valence-electron chi connectivity index (χ1n) is 1.74. The van der Waals surface area contributed by atoms with Crippen LogP contribution in [0.15, 0.2) is 10.9 Å². The molecular weight excluding hydrogens is 105 g/mol. The van der Waals surface area contributed by atoms with E-state index in [0.29, 0.717) is 0 Å². The first-order chi connectivity index (χ1) is 2.89. The van der Waals surface area contributed by atoms with Crippen LogP contribution in [0.1, 0.15) is 0 Å². The summed E-state index contributed by atoms with van der Waals surface area (Å²) in [6.07, 6.45) is 0. The van der Waals surface area contributed by atoms with Gasteiger partial charge in [-0.15, -0.1) is 0 Å². The van der Waals surface area contributed by atoms with Crippen molar-refractivity contribution in [3.63, 3.8) is 0 Å². The van der Waals surface area contributed by atoms with Crippen molar-refractivity contribution in [2.75, 3.05) is 0 Å². The Bertz CT molecular complexity index is 114. The zero-order valence-electron chi connectivity index (χ0n) is 3.51. The van der Waals surface area contributed by atoms with Gasteiger partial charge < -0.3 is 0 Å². The third-order valence-electron chi connectivity index (χ3n) is 0.556. The van der Waals surface area contributed by atoms with Gasteiger partial charge in [0.25, 0.3) is 0 Å². The summed E-state index contributed by atoms with van der Waals surface area (Å²) in [5, 5.41) is 2.08. The Morgan fingerprint density at radius 2 is 2.67 bits per heavy atom. The summed E-state index contributed by atoms with van der Waals surface area (Å²) < 4.78 is 1.25. The molecule has 6 heavy (non-hydrogen) atoms. The number of rotatable bonds is 0. The first kappa shape index (κ1) is 4.78. The Kier molecular flexibility index (Phi) is 1.65. The van der Waals surface area contributed by atoms with Gasteiger partial charge in [0.2, 0.25) is 0 Å². The monoisotopic (exact) mass is 107 g/mol. The minimum absolute atomic E-state index is 1.10. The third-order valence-corrected chi connectivity index (χ3v) is 2.23. The van der Waals surface area contributed by atoms with Crippen LogP contribution < -0.4 is 2.94 Å². The molecule has 0 N–H and O–H groups in total. The van der Waals surface area contributed by atoms with Gasteiger partial charge in [0.15, 0.2) is 0 Å². The summed E-state index contributed by atoms with van der Waals surface area (Å²) in [4.78, 5) is 4.00. The van der Waals surface area contributed by atoms with Crippen LogP contribution in [0.25, 0.3) is 0 Å². The van der Waals surface area contributed by atoms with E-state index in [2.05, 4.69) is 10.4 Å². The van der Waals surface area contributed by atoms with Crippen molar-refractivity contribution in [3.05, 3.63) is 10.9 Å². The second-order valence-electron chi connectivity index (χ2n) is 1.13. The Morgan fingerprint density at radius 3 is 2.83 bits per heavy atom. The van der Waals surface area contributed by atoms with Gasteiger partial charge in [-0.05, 0) is 0 Å². The van der Waals surface area contributed by atoms with Crippen LogP contribution in [-0.2, 0) is 0 Å². The Balaban J connectivity index is 3.05. The standard InChI is InChI=1S/C3H2NS.Na/c1-2-5-3-4-1;/h2-3H;. The van der Waals surface area contributed by atoms with Gasteiger partial charge >= 0.3 is 58.1 Å². The zero-order chi connectivity index (χ0) is 4.41. The van der Waals surface area contributed by atoms with Crippen LogP contribution in [0.5, 0.6) is 0 Å². The first-order valence-corrected chi connectivity index (χ1v) is 3.68. The fourth-order valence-corrected chi connectivity index (χ4v) is 1.54. The molecule has 1 nitrogen and oxygen atoms in total. The van der Waals surface area contributed by atoms with Crippen molar-refractivity contribution < 1.29 is 0 Å². The van der Waals surface area contributed by atoms with Gasteiger partial charge in [0, 0.05) is 0 Å². The molecule has 0 aliphatic heterocycles. The molecule has 0 fully saturated rings. The van der Waals surface area contributed by atoms with Gasteiger partial charge in [-0.2, -0.15) is 0 Å². The Morgan fingerprint density at radius 1 is 1.83 bits per heavy atom. The topological polar surface area (TPSA) is 12.9 Å². The van der Waals surface area contributed by atoms with Gasteiger partial charge in [-0.1, -0.05) is 0 Å². The number of nitrogens with zero attached hydrogens (tertiary/aromatic N) is 1. The maximum absolute atomic E-state index is 4.00. The van der Waals surface area contributed by atoms with Crippen LogP contribution >= 0.6 is 11.3 Å². The fourth-order valence-electron chi connectivity index (χ4n) is 0.273. The molecule has 0 spiro atoms. The molecule has 1 rings (SSSR count). The second kappa shape index (κ2) is 2.07. The summed E-state index contributed by atoms with van der Waals surface area (Å²) in [7, 11) is 0. The molecule has 3 heteroatoms. The number of aromatic nitrogens is 1. The number of hydrogen-bond donors (Lipinski definition) is 0. The van der Waals surface area contributed by atoms with E-state index >= 15 is 0 Å². The average molecular weight is 107 g/mol. The summed E-state index contributed by atoms with van der Waals surface area (Å²) in [6.45, 7) is 0. The molecule has 1 aromatic rings. The van der Waals surface area contributed by atoms with Gasteiger partial charge in [-0.3, -0.25) is 0 Å². The average Bonchev–Trinajstić information content (AvgIpc) is 1.86. The Hall–Kier alpha value is 0.630. The molecular formula is C3H2NNaS. The van der Waals surface area contributed by atoms with Crippen molar-refractivity contribution >= 4 is 42.2 Å². The van der Waals surface area contributed by atoms with Gasteiger partial charge in [-0.25, -0.2) is 0 Å². The van der Waals surface area contributed by atoms with Crippen molar-refractivity contribution in [2.24, 2.45) is 0 Å². The third kappa shape index (κ3) is 1.05. The van der Waals surface area contributed by atoms with Gasteiger partial charge in [0.05, 0.1) is 0 Å².